The molecule has 1 aliphatic rings. The van der Waals surface area contributed by atoms with Crippen LogP contribution in [-0.4, -0.2) is 31.6 Å². The Morgan fingerprint density at radius 1 is 1.56 bits per heavy atom. The van der Waals surface area contributed by atoms with Crippen LogP contribution in [0, 0.1) is 11.8 Å². The second kappa shape index (κ2) is 5.41. The minimum Gasteiger partial charge on any atom is -0.250 e. The topological polar surface area (TPSA) is 30.7 Å². The van der Waals surface area contributed by atoms with Crippen molar-refractivity contribution in [3.63, 3.8) is 0 Å². The largest absolute Gasteiger partial charge is 0.250 e. The van der Waals surface area contributed by atoms with Crippen LogP contribution in [0.2, 0.25) is 0 Å². The minimum atomic E-state index is 0.300. The van der Waals surface area contributed by atoms with Gasteiger partial charge < -0.3 is 0 Å². The third-order valence-corrected chi connectivity index (χ3v) is 4.75. The monoisotopic (exact) mass is 259 g/mol. The Balaban J connectivity index is 2.00. The molecule has 2 unspecified atom stereocenters. The van der Waals surface area contributed by atoms with Crippen molar-refractivity contribution in [2.45, 2.75) is 32.2 Å². The van der Waals surface area contributed by atoms with Crippen LogP contribution in [0.5, 0.6) is 0 Å². The van der Waals surface area contributed by atoms with E-state index in [4.69, 9.17) is 11.6 Å². The molecule has 0 bridgehead atoms. The van der Waals surface area contributed by atoms with Crippen LogP contribution < -0.4 is 0 Å². The lowest BCUT2D eigenvalue weighted by Gasteiger charge is -2.13. The van der Waals surface area contributed by atoms with Gasteiger partial charge in [0.05, 0.1) is 0 Å². The summed E-state index contributed by atoms with van der Waals surface area (Å²) in [5.41, 5.74) is 0. The number of halogens is 1. The van der Waals surface area contributed by atoms with E-state index in [9.17, 15) is 0 Å². The molecule has 90 valence electrons. The van der Waals surface area contributed by atoms with E-state index in [1.807, 2.05) is 16.4 Å². The smallest absolute Gasteiger partial charge is 0.138 e. The summed E-state index contributed by atoms with van der Waals surface area (Å²) in [4.78, 5) is 4.35. The third-order valence-electron chi connectivity index (χ3n) is 2.80. The number of hydrogen-bond donors (Lipinski definition) is 0. The van der Waals surface area contributed by atoms with Crippen molar-refractivity contribution in [2.75, 3.05) is 11.5 Å². The number of nitrogens with zero attached hydrogens (tertiary/aromatic N) is 3. The van der Waals surface area contributed by atoms with Gasteiger partial charge >= 0.3 is 0 Å². The van der Waals surface area contributed by atoms with Gasteiger partial charge in [-0.25, -0.2) is 9.67 Å². The van der Waals surface area contributed by atoms with Crippen LogP contribution in [0.15, 0.2) is 6.33 Å². The lowest BCUT2D eigenvalue weighted by atomic mass is 10.0. The number of thioether (sulfide) groups is 1. The van der Waals surface area contributed by atoms with Crippen LogP contribution in [0.4, 0.5) is 0 Å². The number of rotatable bonds is 4. The Labute approximate surface area is 106 Å². The highest BCUT2D eigenvalue weighted by atomic mass is 35.5. The van der Waals surface area contributed by atoms with Gasteiger partial charge in [0, 0.05) is 24.1 Å². The first-order valence-electron chi connectivity index (χ1n) is 5.75. The highest BCUT2D eigenvalue weighted by Crippen LogP contribution is 2.30. The Bertz CT molecular complexity index is 340. The van der Waals surface area contributed by atoms with Crippen LogP contribution in [0.25, 0.3) is 0 Å². The van der Waals surface area contributed by atoms with E-state index in [0.29, 0.717) is 17.2 Å². The summed E-state index contributed by atoms with van der Waals surface area (Å²) in [6.45, 7) is 5.34. The zero-order chi connectivity index (χ0) is 11.5. The quantitative estimate of drug-likeness (QED) is 0.779. The molecule has 0 saturated carbocycles. The summed E-state index contributed by atoms with van der Waals surface area (Å²) in [5, 5.41) is 4.58. The molecule has 1 aliphatic heterocycles. The van der Waals surface area contributed by atoms with Crippen molar-refractivity contribution in [2.24, 2.45) is 11.8 Å². The molecule has 1 fully saturated rings. The molecule has 2 heterocycles. The number of aromatic nitrogens is 3. The van der Waals surface area contributed by atoms with E-state index in [2.05, 4.69) is 23.9 Å². The summed E-state index contributed by atoms with van der Waals surface area (Å²) in [5.74, 6) is 4.48. The Kier molecular flexibility index (Phi) is 4.14. The molecule has 1 aromatic heterocycles. The van der Waals surface area contributed by atoms with Crippen LogP contribution in [0.3, 0.4) is 0 Å². The number of alkyl halides is 1. The zero-order valence-electron chi connectivity index (χ0n) is 9.77. The van der Waals surface area contributed by atoms with Crippen molar-refractivity contribution >= 4 is 23.4 Å². The first kappa shape index (κ1) is 12.2. The predicted molar refractivity (Wildman–Crippen MR) is 69.0 cm³/mol. The average Bonchev–Trinajstić information content (AvgIpc) is 2.78. The first-order chi connectivity index (χ1) is 7.66. The van der Waals surface area contributed by atoms with Gasteiger partial charge in [-0.2, -0.15) is 16.9 Å². The molecule has 1 aromatic rings. The molecule has 0 amide bonds. The maximum Gasteiger partial charge on any atom is 0.138 e. The summed E-state index contributed by atoms with van der Waals surface area (Å²) < 4.78 is 2.03. The van der Waals surface area contributed by atoms with E-state index in [1.54, 1.807) is 6.33 Å². The van der Waals surface area contributed by atoms with Gasteiger partial charge in [-0.15, -0.1) is 11.6 Å². The Hall–Kier alpha value is -0.220. The highest BCUT2D eigenvalue weighted by molar-refractivity contribution is 7.99. The normalized spacial score (nSPS) is 25.5. The summed E-state index contributed by atoms with van der Waals surface area (Å²) in [6.07, 6.45) is 2.62. The fraction of sp³-hybridized carbons (Fsp3) is 0.818. The molecular formula is C11H18ClN3S. The standard InChI is InChI=1S/C11H18ClN3S/c1-8(2)4-15-11(13-7-14-15)3-9-5-16-6-10(9)12/h7-10H,3-6H2,1-2H3. The molecular weight excluding hydrogens is 242 g/mol. The van der Waals surface area contributed by atoms with Crippen LogP contribution in [-0.2, 0) is 13.0 Å². The second-order valence-corrected chi connectivity index (χ2v) is 6.41. The molecule has 2 rings (SSSR count). The van der Waals surface area contributed by atoms with Gasteiger partial charge in [0.1, 0.15) is 12.2 Å². The summed E-state index contributed by atoms with van der Waals surface area (Å²) in [7, 11) is 0. The molecule has 0 spiro atoms. The zero-order valence-corrected chi connectivity index (χ0v) is 11.3. The summed E-state index contributed by atoms with van der Waals surface area (Å²) in [6, 6.07) is 0. The first-order valence-corrected chi connectivity index (χ1v) is 7.34. The third kappa shape index (κ3) is 2.92. The van der Waals surface area contributed by atoms with E-state index < -0.39 is 0 Å². The molecule has 1 saturated heterocycles. The molecule has 0 aliphatic carbocycles. The second-order valence-electron chi connectivity index (χ2n) is 4.77. The van der Waals surface area contributed by atoms with E-state index in [0.717, 1.165) is 30.3 Å². The van der Waals surface area contributed by atoms with Crippen molar-refractivity contribution in [3.8, 4) is 0 Å². The van der Waals surface area contributed by atoms with Crippen molar-refractivity contribution in [1.29, 1.82) is 0 Å². The summed E-state index contributed by atoms with van der Waals surface area (Å²) >= 11 is 8.22. The lowest BCUT2D eigenvalue weighted by Crippen LogP contribution is -2.19. The van der Waals surface area contributed by atoms with E-state index >= 15 is 0 Å². The van der Waals surface area contributed by atoms with Crippen molar-refractivity contribution in [3.05, 3.63) is 12.2 Å². The molecule has 2 atom stereocenters. The molecule has 16 heavy (non-hydrogen) atoms. The molecule has 0 aromatic carbocycles. The minimum absolute atomic E-state index is 0.300. The predicted octanol–water partition coefficient (Wildman–Crippen LogP) is 2.45. The van der Waals surface area contributed by atoms with E-state index in [1.165, 1.54) is 0 Å². The number of hydrogen-bond acceptors (Lipinski definition) is 3. The van der Waals surface area contributed by atoms with Gasteiger partial charge in [-0.05, 0) is 17.6 Å². The average molecular weight is 260 g/mol. The van der Waals surface area contributed by atoms with E-state index in [-0.39, 0.29) is 0 Å². The van der Waals surface area contributed by atoms with Crippen molar-refractivity contribution < 1.29 is 0 Å². The molecule has 5 heteroatoms. The molecule has 0 radical (unpaired) electrons. The maximum absolute atomic E-state index is 6.27. The van der Waals surface area contributed by atoms with Crippen LogP contribution >= 0.6 is 23.4 Å². The lowest BCUT2D eigenvalue weighted by molar-refractivity contribution is 0.450. The maximum atomic E-state index is 6.27. The molecule has 0 N–H and O–H groups in total. The van der Waals surface area contributed by atoms with Gasteiger partial charge in [0.15, 0.2) is 0 Å². The highest BCUT2D eigenvalue weighted by Gasteiger charge is 2.27. The SMILES string of the molecule is CC(C)Cn1ncnc1CC1CSCC1Cl. The Morgan fingerprint density at radius 2 is 2.38 bits per heavy atom. The van der Waals surface area contributed by atoms with Gasteiger partial charge in [0.2, 0.25) is 0 Å². The Morgan fingerprint density at radius 3 is 3.00 bits per heavy atom. The molecule has 3 nitrogen and oxygen atoms in total. The van der Waals surface area contributed by atoms with Crippen LogP contribution in [0.1, 0.15) is 19.7 Å². The van der Waals surface area contributed by atoms with Gasteiger partial charge in [0.25, 0.3) is 0 Å². The fourth-order valence-corrected chi connectivity index (χ4v) is 3.78. The van der Waals surface area contributed by atoms with Gasteiger partial charge in [-0.1, -0.05) is 13.8 Å². The van der Waals surface area contributed by atoms with Crippen molar-refractivity contribution in [1.82, 2.24) is 14.8 Å². The fourth-order valence-electron chi connectivity index (χ4n) is 1.94. The van der Waals surface area contributed by atoms with Gasteiger partial charge in [-0.3, -0.25) is 0 Å².